The van der Waals surface area contributed by atoms with Crippen LogP contribution >= 0.6 is 0 Å². The van der Waals surface area contributed by atoms with E-state index in [-0.39, 0.29) is 10.8 Å². The first-order chi connectivity index (χ1) is 16.4. The van der Waals surface area contributed by atoms with Crippen LogP contribution in [0, 0.1) is 0 Å². The molecule has 178 valence electrons. The van der Waals surface area contributed by atoms with Gasteiger partial charge >= 0.3 is 0 Å². The summed E-state index contributed by atoms with van der Waals surface area (Å²) >= 11 is 0. The molecular formula is C26H29N3O4S. The van der Waals surface area contributed by atoms with Crippen LogP contribution in [0.1, 0.15) is 21.5 Å². The standard InChI is InChI=1S/C26H29N3O4S/c1-28(34(31,32)25-8-3-2-4-9-25)24-12-10-23(11-13-24)26(30)27-19-21-6-5-7-22(18-21)20-29-14-16-33-17-15-29/h2-13,18H,14-17,19-20H2,1H3,(H,27,30). The van der Waals surface area contributed by atoms with Crippen molar-refractivity contribution in [1.29, 1.82) is 0 Å². The first kappa shape index (κ1) is 23.9. The minimum atomic E-state index is -3.66. The molecule has 0 unspecified atom stereocenters. The predicted octanol–water partition coefficient (Wildman–Crippen LogP) is 3.27. The van der Waals surface area contributed by atoms with Crippen LogP contribution in [0.25, 0.3) is 0 Å². The Morgan fingerprint density at radius 2 is 1.62 bits per heavy atom. The molecule has 3 aromatic rings. The van der Waals surface area contributed by atoms with E-state index in [0.717, 1.165) is 38.4 Å². The quantitative estimate of drug-likeness (QED) is 0.537. The van der Waals surface area contributed by atoms with Crippen LogP contribution in [0.3, 0.4) is 0 Å². The zero-order valence-corrected chi connectivity index (χ0v) is 20.0. The van der Waals surface area contributed by atoms with Crippen molar-refractivity contribution in [2.24, 2.45) is 0 Å². The van der Waals surface area contributed by atoms with Crippen molar-refractivity contribution < 1.29 is 17.9 Å². The largest absolute Gasteiger partial charge is 0.379 e. The summed E-state index contributed by atoms with van der Waals surface area (Å²) in [6.45, 7) is 4.68. The number of anilines is 1. The summed E-state index contributed by atoms with van der Waals surface area (Å²) in [5, 5.41) is 2.95. The number of hydrogen-bond acceptors (Lipinski definition) is 5. The number of benzene rings is 3. The van der Waals surface area contributed by atoms with E-state index >= 15 is 0 Å². The van der Waals surface area contributed by atoms with E-state index in [1.165, 1.54) is 16.9 Å². The van der Waals surface area contributed by atoms with Gasteiger partial charge in [-0.2, -0.15) is 0 Å². The van der Waals surface area contributed by atoms with Crippen molar-refractivity contribution >= 4 is 21.6 Å². The van der Waals surface area contributed by atoms with E-state index < -0.39 is 10.0 Å². The second kappa shape index (κ2) is 10.8. The van der Waals surface area contributed by atoms with Gasteiger partial charge in [0.1, 0.15) is 0 Å². The van der Waals surface area contributed by atoms with Crippen molar-refractivity contribution in [3.8, 4) is 0 Å². The van der Waals surface area contributed by atoms with E-state index in [1.807, 2.05) is 12.1 Å². The lowest BCUT2D eigenvalue weighted by Gasteiger charge is -2.26. The topological polar surface area (TPSA) is 79.0 Å². The van der Waals surface area contributed by atoms with Crippen LogP contribution in [0.5, 0.6) is 0 Å². The fraction of sp³-hybridized carbons (Fsp3) is 0.269. The molecule has 1 aliphatic rings. The Balaban J connectivity index is 1.35. The maximum absolute atomic E-state index is 12.8. The fourth-order valence-corrected chi connectivity index (χ4v) is 5.07. The normalized spacial score (nSPS) is 14.5. The lowest BCUT2D eigenvalue weighted by Crippen LogP contribution is -2.35. The second-order valence-corrected chi connectivity index (χ2v) is 10.2. The van der Waals surface area contributed by atoms with Gasteiger partial charge in [-0.3, -0.25) is 14.0 Å². The van der Waals surface area contributed by atoms with Crippen molar-refractivity contribution in [2.45, 2.75) is 18.0 Å². The molecule has 0 atom stereocenters. The predicted molar refractivity (Wildman–Crippen MR) is 132 cm³/mol. The molecule has 1 aliphatic heterocycles. The summed E-state index contributed by atoms with van der Waals surface area (Å²) in [5.41, 5.74) is 3.19. The van der Waals surface area contributed by atoms with Crippen molar-refractivity contribution in [2.75, 3.05) is 37.7 Å². The number of nitrogens with one attached hydrogen (secondary N) is 1. The molecule has 0 aliphatic carbocycles. The summed E-state index contributed by atoms with van der Waals surface area (Å²) < 4.78 is 32.2. The SMILES string of the molecule is CN(c1ccc(C(=O)NCc2cccc(CN3CCOCC3)c2)cc1)S(=O)(=O)c1ccccc1. The number of hydrogen-bond donors (Lipinski definition) is 1. The van der Waals surface area contributed by atoms with Gasteiger partial charge in [0.2, 0.25) is 0 Å². The number of ether oxygens (including phenoxy) is 1. The molecule has 8 heteroatoms. The van der Waals surface area contributed by atoms with E-state index in [0.29, 0.717) is 17.8 Å². The van der Waals surface area contributed by atoms with Gasteiger partial charge in [-0.05, 0) is 47.5 Å². The summed E-state index contributed by atoms with van der Waals surface area (Å²) in [4.78, 5) is 15.2. The molecule has 4 rings (SSSR count). The van der Waals surface area contributed by atoms with E-state index in [2.05, 4.69) is 22.3 Å². The van der Waals surface area contributed by atoms with Crippen LogP contribution in [-0.2, 0) is 27.8 Å². The number of carbonyl (C=O) groups excluding carboxylic acids is 1. The first-order valence-corrected chi connectivity index (χ1v) is 12.7. The highest BCUT2D eigenvalue weighted by Gasteiger charge is 2.21. The first-order valence-electron chi connectivity index (χ1n) is 11.2. The van der Waals surface area contributed by atoms with Gasteiger partial charge in [-0.25, -0.2) is 8.42 Å². The van der Waals surface area contributed by atoms with Gasteiger partial charge in [-0.15, -0.1) is 0 Å². The number of carbonyl (C=O) groups is 1. The Kier molecular flexibility index (Phi) is 7.62. The van der Waals surface area contributed by atoms with Gasteiger partial charge in [0.05, 0.1) is 23.8 Å². The number of amides is 1. The third-order valence-corrected chi connectivity index (χ3v) is 7.65. The zero-order valence-electron chi connectivity index (χ0n) is 19.2. The molecule has 3 aromatic carbocycles. The van der Waals surface area contributed by atoms with Gasteiger partial charge in [0.15, 0.2) is 0 Å². The van der Waals surface area contributed by atoms with Crippen molar-refractivity contribution in [1.82, 2.24) is 10.2 Å². The minimum Gasteiger partial charge on any atom is -0.379 e. The van der Waals surface area contributed by atoms with Crippen molar-refractivity contribution in [3.63, 3.8) is 0 Å². The molecule has 1 fully saturated rings. The fourth-order valence-electron chi connectivity index (χ4n) is 3.85. The Morgan fingerprint density at radius 3 is 2.32 bits per heavy atom. The Morgan fingerprint density at radius 1 is 0.941 bits per heavy atom. The molecule has 7 nitrogen and oxygen atoms in total. The third-order valence-electron chi connectivity index (χ3n) is 5.85. The third kappa shape index (κ3) is 5.83. The number of nitrogens with zero attached hydrogens (tertiary/aromatic N) is 2. The van der Waals surface area contributed by atoms with Crippen LogP contribution in [-0.4, -0.2) is 52.6 Å². The lowest BCUT2D eigenvalue weighted by molar-refractivity contribution is 0.0342. The van der Waals surface area contributed by atoms with E-state index in [1.54, 1.807) is 54.6 Å². The molecule has 0 saturated carbocycles. The average Bonchev–Trinajstić information content (AvgIpc) is 2.88. The zero-order chi connectivity index (χ0) is 24.0. The minimum absolute atomic E-state index is 0.210. The number of sulfonamides is 1. The second-order valence-electron chi connectivity index (χ2n) is 8.22. The molecule has 1 N–H and O–H groups in total. The van der Waals surface area contributed by atoms with Gasteiger partial charge in [0, 0.05) is 38.8 Å². The molecule has 34 heavy (non-hydrogen) atoms. The van der Waals surface area contributed by atoms with Gasteiger partial charge in [-0.1, -0.05) is 42.5 Å². The molecular weight excluding hydrogens is 450 g/mol. The molecule has 1 heterocycles. The van der Waals surface area contributed by atoms with Crippen LogP contribution < -0.4 is 9.62 Å². The summed E-state index contributed by atoms with van der Waals surface area (Å²) in [6, 6.07) is 23.0. The average molecular weight is 480 g/mol. The van der Waals surface area contributed by atoms with Crippen LogP contribution in [0.2, 0.25) is 0 Å². The maximum Gasteiger partial charge on any atom is 0.264 e. The van der Waals surface area contributed by atoms with Gasteiger partial charge in [0.25, 0.3) is 15.9 Å². The molecule has 0 radical (unpaired) electrons. The summed E-state index contributed by atoms with van der Waals surface area (Å²) in [7, 11) is -2.16. The maximum atomic E-state index is 12.8. The molecule has 0 spiro atoms. The highest BCUT2D eigenvalue weighted by atomic mass is 32.2. The highest BCUT2D eigenvalue weighted by molar-refractivity contribution is 7.92. The molecule has 1 saturated heterocycles. The Bertz CT molecular complexity index is 1210. The monoisotopic (exact) mass is 479 g/mol. The summed E-state index contributed by atoms with van der Waals surface area (Å²) in [6.07, 6.45) is 0. The lowest BCUT2D eigenvalue weighted by atomic mass is 10.1. The molecule has 0 aromatic heterocycles. The molecule has 0 bridgehead atoms. The van der Waals surface area contributed by atoms with E-state index in [4.69, 9.17) is 4.74 Å². The smallest absolute Gasteiger partial charge is 0.264 e. The van der Waals surface area contributed by atoms with Crippen molar-refractivity contribution in [3.05, 3.63) is 95.6 Å². The Labute approximate surface area is 201 Å². The summed E-state index contributed by atoms with van der Waals surface area (Å²) in [5.74, 6) is -0.210. The highest BCUT2D eigenvalue weighted by Crippen LogP contribution is 2.22. The number of morpholine rings is 1. The Hall–Kier alpha value is -3.20. The molecule has 1 amide bonds. The number of rotatable bonds is 8. The van der Waals surface area contributed by atoms with Crippen LogP contribution in [0.15, 0.2) is 83.8 Å². The van der Waals surface area contributed by atoms with Crippen LogP contribution in [0.4, 0.5) is 5.69 Å². The van der Waals surface area contributed by atoms with Gasteiger partial charge < -0.3 is 10.1 Å². The van der Waals surface area contributed by atoms with E-state index in [9.17, 15) is 13.2 Å².